The summed E-state index contributed by atoms with van der Waals surface area (Å²) < 4.78 is 0. The van der Waals surface area contributed by atoms with Crippen LogP contribution in [0.5, 0.6) is 0 Å². The normalized spacial score (nSPS) is 10.2. The molecule has 0 saturated heterocycles. The van der Waals surface area contributed by atoms with Crippen LogP contribution >= 0.6 is 0 Å². The minimum absolute atomic E-state index is 0.175. The van der Waals surface area contributed by atoms with Crippen molar-refractivity contribution in [1.82, 2.24) is 9.97 Å². The highest BCUT2D eigenvalue weighted by molar-refractivity contribution is 6.04. The molecule has 0 fully saturated rings. The number of benzene rings is 2. The van der Waals surface area contributed by atoms with Crippen molar-refractivity contribution in [2.75, 3.05) is 16.0 Å². The van der Waals surface area contributed by atoms with Crippen LogP contribution in [-0.4, -0.2) is 21.8 Å². The van der Waals surface area contributed by atoms with Crippen molar-refractivity contribution in [1.29, 1.82) is 0 Å². The molecule has 0 aliphatic rings. The topological polar surface area (TPSA) is 96.0 Å². The van der Waals surface area contributed by atoms with Crippen molar-refractivity contribution in [2.45, 2.75) is 20.4 Å². The Bertz CT molecular complexity index is 986. The van der Waals surface area contributed by atoms with Crippen molar-refractivity contribution < 1.29 is 9.59 Å². The van der Waals surface area contributed by atoms with Gasteiger partial charge in [-0.15, -0.1) is 0 Å². The Kier molecular flexibility index (Phi) is 5.96. The first-order chi connectivity index (χ1) is 13.5. The SMILES string of the molecule is CC(=O)Nc1cccc(NC(=O)c2cnc(NCc3cccc(C)c3)nc2)c1. The molecule has 0 radical (unpaired) electrons. The third kappa shape index (κ3) is 5.38. The molecular formula is C21H21N5O2. The van der Waals surface area contributed by atoms with E-state index in [9.17, 15) is 9.59 Å². The second kappa shape index (κ2) is 8.77. The summed E-state index contributed by atoms with van der Waals surface area (Å²) >= 11 is 0. The van der Waals surface area contributed by atoms with E-state index < -0.39 is 0 Å². The van der Waals surface area contributed by atoms with Gasteiger partial charge in [-0.3, -0.25) is 9.59 Å². The molecule has 0 atom stereocenters. The zero-order chi connectivity index (χ0) is 19.9. The molecule has 0 spiro atoms. The molecule has 0 aliphatic heterocycles. The maximum absolute atomic E-state index is 12.4. The Hall–Kier alpha value is -3.74. The maximum atomic E-state index is 12.4. The summed E-state index contributed by atoms with van der Waals surface area (Å²) in [5, 5.41) is 8.57. The summed E-state index contributed by atoms with van der Waals surface area (Å²) in [6, 6.07) is 15.1. The lowest BCUT2D eigenvalue weighted by Crippen LogP contribution is -2.14. The Morgan fingerprint density at radius 1 is 0.929 bits per heavy atom. The molecule has 2 amide bonds. The fourth-order valence-electron chi connectivity index (χ4n) is 2.62. The van der Waals surface area contributed by atoms with Gasteiger partial charge in [0.25, 0.3) is 5.91 Å². The van der Waals surface area contributed by atoms with Crippen LogP contribution in [0, 0.1) is 6.92 Å². The number of rotatable bonds is 6. The summed E-state index contributed by atoms with van der Waals surface area (Å²) in [5.41, 5.74) is 3.83. The average molecular weight is 375 g/mol. The van der Waals surface area contributed by atoms with Gasteiger partial charge >= 0.3 is 0 Å². The van der Waals surface area contributed by atoms with Gasteiger partial charge in [0.1, 0.15) is 0 Å². The van der Waals surface area contributed by atoms with Crippen LogP contribution < -0.4 is 16.0 Å². The zero-order valence-corrected chi connectivity index (χ0v) is 15.7. The van der Waals surface area contributed by atoms with E-state index in [1.165, 1.54) is 24.9 Å². The monoisotopic (exact) mass is 375 g/mol. The number of nitrogens with one attached hydrogen (secondary N) is 3. The van der Waals surface area contributed by atoms with Gasteiger partial charge in [0.05, 0.1) is 5.56 Å². The second-order valence-electron chi connectivity index (χ2n) is 6.35. The molecule has 7 nitrogen and oxygen atoms in total. The van der Waals surface area contributed by atoms with E-state index in [1.807, 2.05) is 25.1 Å². The summed E-state index contributed by atoms with van der Waals surface area (Å²) in [6.45, 7) is 4.07. The molecule has 3 N–H and O–H groups in total. The Morgan fingerprint density at radius 2 is 1.61 bits per heavy atom. The molecule has 3 rings (SSSR count). The Labute approximate surface area is 163 Å². The molecule has 0 unspecified atom stereocenters. The van der Waals surface area contributed by atoms with Crippen LogP contribution in [0.25, 0.3) is 0 Å². The summed E-state index contributed by atoms with van der Waals surface area (Å²) in [5.74, 6) is -0.0541. The minimum atomic E-state index is -0.329. The van der Waals surface area contributed by atoms with E-state index in [4.69, 9.17) is 0 Å². The van der Waals surface area contributed by atoms with Gasteiger partial charge < -0.3 is 16.0 Å². The average Bonchev–Trinajstić information content (AvgIpc) is 2.66. The largest absolute Gasteiger partial charge is 0.350 e. The van der Waals surface area contributed by atoms with Crippen LogP contribution in [-0.2, 0) is 11.3 Å². The highest BCUT2D eigenvalue weighted by atomic mass is 16.2. The van der Waals surface area contributed by atoms with E-state index in [0.717, 1.165) is 5.56 Å². The van der Waals surface area contributed by atoms with Crippen molar-refractivity contribution in [3.8, 4) is 0 Å². The molecule has 0 saturated carbocycles. The van der Waals surface area contributed by atoms with Crippen LogP contribution in [0.1, 0.15) is 28.4 Å². The Morgan fingerprint density at radius 3 is 2.29 bits per heavy atom. The van der Waals surface area contributed by atoms with E-state index in [0.29, 0.717) is 29.4 Å². The molecule has 142 valence electrons. The zero-order valence-electron chi connectivity index (χ0n) is 15.7. The van der Waals surface area contributed by atoms with E-state index in [1.54, 1.807) is 24.3 Å². The van der Waals surface area contributed by atoms with Crippen molar-refractivity contribution in [3.05, 3.63) is 77.6 Å². The van der Waals surface area contributed by atoms with E-state index >= 15 is 0 Å². The highest BCUT2D eigenvalue weighted by Crippen LogP contribution is 2.16. The number of aromatic nitrogens is 2. The van der Waals surface area contributed by atoms with Gasteiger partial charge in [0.15, 0.2) is 0 Å². The summed E-state index contributed by atoms with van der Waals surface area (Å²) in [7, 11) is 0. The maximum Gasteiger partial charge on any atom is 0.258 e. The number of amides is 2. The number of hydrogen-bond acceptors (Lipinski definition) is 5. The van der Waals surface area contributed by atoms with Crippen molar-refractivity contribution in [3.63, 3.8) is 0 Å². The molecule has 0 aliphatic carbocycles. The smallest absolute Gasteiger partial charge is 0.258 e. The molecule has 1 aromatic heterocycles. The molecule has 28 heavy (non-hydrogen) atoms. The molecular weight excluding hydrogens is 354 g/mol. The first kappa shape index (κ1) is 19.0. The fraction of sp³-hybridized carbons (Fsp3) is 0.143. The van der Waals surface area contributed by atoms with E-state index in [2.05, 4.69) is 32.0 Å². The number of aryl methyl sites for hydroxylation is 1. The lowest BCUT2D eigenvalue weighted by atomic mass is 10.1. The lowest BCUT2D eigenvalue weighted by Gasteiger charge is -2.09. The standard InChI is InChI=1S/C21H21N5O2/c1-14-5-3-6-16(9-14)11-22-21-23-12-17(13-24-21)20(28)26-19-8-4-7-18(10-19)25-15(2)27/h3-10,12-13H,11H2,1-2H3,(H,25,27)(H,26,28)(H,22,23,24). The van der Waals surface area contributed by atoms with Gasteiger partial charge in [-0.25, -0.2) is 9.97 Å². The number of anilines is 3. The third-order valence-corrected chi connectivity index (χ3v) is 3.89. The molecule has 0 bridgehead atoms. The number of hydrogen-bond donors (Lipinski definition) is 3. The number of carbonyl (C=O) groups is 2. The quantitative estimate of drug-likeness (QED) is 0.612. The third-order valence-electron chi connectivity index (χ3n) is 3.89. The molecule has 2 aromatic carbocycles. The van der Waals surface area contributed by atoms with Gasteiger partial charge in [-0.2, -0.15) is 0 Å². The molecule has 1 heterocycles. The van der Waals surface area contributed by atoms with Crippen LogP contribution in [0.2, 0.25) is 0 Å². The first-order valence-electron chi connectivity index (χ1n) is 8.80. The van der Waals surface area contributed by atoms with Gasteiger partial charge in [-0.05, 0) is 30.7 Å². The Balaban J connectivity index is 1.60. The highest BCUT2D eigenvalue weighted by Gasteiger charge is 2.08. The van der Waals surface area contributed by atoms with Crippen molar-refractivity contribution >= 4 is 29.1 Å². The number of carbonyl (C=O) groups excluding carboxylic acids is 2. The lowest BCUT2D eigenvalue weighted by molar-refractivity contribution is -0.114. The molecule has 3 aromatic rings. The predicted molar refractivity (Wildman–Crippen MR) is 109 cm³/mol. The van der Waals surface area contributed by atoms with Gasteiger partial charge in [0.2, 0.25) is 11.9 Å². The molecule has 7 heteroatoms. The van der Waals surface area contributed by atoms with Crippen LogP contribution in [0.15, 0.2) is 60.9 Å². The second-order valence-corrected chi connectivity index (χ2v) is 6.35. The first-order valence-corrected chi connectivity index (χ1v) is 8.80. The van der Waals surface area contributed by atoms with Gasteiger partial charge in [0, 0.05) is 37.2 Å². The van der Waals surface area contributed by atoms with Crippen molar-refractivity contribution in [2.24, 2.45) is 0 Å². The van der Waals surface area contributed by atoms with E-state index in [-0.39, 0.29) is 11.8 Å². The number of nitrogens with zero attached hydrogens (tertiary/aromatic N) is 2. The summed E-state index contributed by atoms with van der Waals surface area (Å²) in [4.78, 5) is 31.9. The van der Waals surface area contributed by atoms with Crippen LogP contribution in [0.4, 0.5) is 17.3 Å². The fourth-order valence-corrected chi connectivity index (χ4v) is 2.62. The van der Waals surface area contributed by atoms with Gasteiger partial charge in [-0.1, -0.05) is 35.9 Å². The predicted octanol–water partition coefficient (Wildman–Crippen LogP) is 3.61. The minimum Gasteiger partial charge on any atom is -0.350 e. The summed E-state index contributed by atoms with van der Waals surface area (Å²) in [6.07, 6.45) is 2.94. The van der Waals surface area contributed by atoms with Crippen LogP contribution in [0.3, 0.4) is 0 Å².